The van der Waals surface area contributed by atoms with Crippen molar-refractivity contribution in [2.24, 2.45) is 0 Å². The number of carbonyl (C=O) groups excluding carboxylic acids is 2. The zero-order valence-electron chi connectivity index (χ0n) is 15.5. The SMILES string of the molecule is CC(CC(=O)N1CCN(C(=O)C2CCCCN2)CC1)c1ccccc1.Cl. The lowest BCUT2D eigenvalue weighted by atomic mass is 9.97. The maximum absolute atomic E-state index is 12.6. The van der Waals surface area contributed by atoms with Crippen LogP contribution in [-0.4, -0.2) is 60.4 Å². The van der Waals surface area contributed by atoms with Crippen LogP contribution in [0.3, 0.4) is 0 Å². The predicted molar refractivity (Wildman–Crippen MR) is 106 cm³/mol. The summed E-state index contributed by atoms with van der Waals surface area (Å²) in [7, 11) is 0. The van der Waals surface area contributed by atoms with Gasteiger partial charge in [-0.3, -0.25) is 9.59 Å². The second kappa shape index (κ2) is 9.93. The Bertz CT molecular complexity index is 582. The van der Waals surface area contributed by atoms with Crippen molar-refractivity contribution in [1.29, 1.82) is 0 Å². The first-order chi connectivity index (χ1) is 12.1. The summed E-state index contributed by atoms with van der Waals surface area (Å²) in [6.45, 7) is 5.65. The molecule has 1 N–H and O–H groups in total. The molecule has 2 heterocycles. The number of piperidine rings is 1. The van der Waals surface area contributed by atoms with E-state index in [1.807, 2.05) is 28.0 Å². The maximum Gasteiger partial charge on any atom is 0.239 e. The van der Waals surface area contributed by atoms with Gasteiger partial charge in [0.25, 0.3) is 0 Å². The van der Waals surface area contributed by atoms with Gasteiger partial charge in [-0.15, -0.1) is 12.4 Å². The number of piperazine rings is 1. The molecule has 0 radical (unpaired) electrons. The van der Waals surface area contributed by atoms with E-state index in [2.05, 4.69) is 24.4 Å². The van der Waals surface area contributed by atoms with Gasteiger partial charge in [-0.1, -0.05) is 43.7 Å². The van der Waals surface area contributed by atoms with Crippen molar-refractivity contribution in [3.8, 4) is 0 Å². The van der Waals surface area contributed by atoms with Crippen LogP contribution in [0.4, 0.5) is 0 Å². The number of amides is 2. The van der Waals surface area contributed by atoms with E-state index in [9.17, 15) is 9.59 Å². The molecule has 5 nitrogen and oxygen atoms in total. The number of rotatable bonds is 4. The number of nitrogens with zero attached hydrogens (tertiary/aromatic N) is 2. The molecular formula is C20H30ClN3O2. The minimum Gasteiger partial charge on any atom is -0.339 e. The van der Waals surface area contributed by atoms with Gasteiger partial charge in [-0.25, -0.2) is 0 Å². The van der Waals surface area contributed by atoms with Crippen LogP contribution in [0.1, 0.15) is 44.1 Å². The van der Waals surface area contributed by atoms with E-state index in [1.54, 1.807) is 0 Å². The number of nitrogens with one attached hydrogen (secondary N) is 1. The van der Waals surface area contributed by atoms with Gasteiger partial charge >= 0.3 is 0 Å². The molecule has 1 aromatic rings. The van der Waals surface area contributed by atoms with Crippen molar-refractivity contribution in [2.75, 3.05) is 32.7 Å². The highest BCUT2D eigenvalue weighted by Crippen LogP contribution is 2.20. The number of hydrogen-bond acceptors (Lipinski definition) is 3. The Balaban J connectivity index is 0.00000243. The molecule has 26 heavy (non-hydrogen) atoms. The molecule has 0 bridgehead atoms. The molecule has 2 atom stereocenters. The number of benzene rings is 1. The van der Waals surface area contributed by atoms with Gasteiger partial charge in [0.15, 0.2) is 0 Å². The van der Waals surface area contributed by atoms with Crippen molar-refractivity contribution in [1.82, 2.24) is 15.1 Å². The Morgan fingerprint density at radius 1 is 1.08 bits per heavy atom. The Kier molecular flexibility index (Phi) is 7.91. The van der Waals surface area contributed by atoms with Gasteiger partial charge in [0.05, 0.1) is 6.04 Å². The lowest BCUT2D eigenvalue weighted by Gasteiger charge is -2.37. The van der Waals surface area contributed by atoms with Crippen LogP contribution < -0.4 is 5.32 Å². The van der Waals surface area contributed by atoms with Crippen molar-refractivity contribution in [3.05, 3.63) is 35.9 Å². The van der Waals surface area contributed by atoms with E-state index in [0.29, 0.717) is 32.6 Å². The van der Waals surface area contributed by atoms with Crippen LogP contribution in [0, 0.1) is 0 Å². The lowest BCUT2D eigenvalue weighted by Crippen LogP contribution is -2.55. The van der Waals surface area contributed by atoms with Gasteiger partial charge in [0, 0.05) is 32.6 Å². The van der Waals surface area contributed by atoms with Crippen molar-refractivity contribution in [2.45, 2.75) is 44.6 Å². The van der Waals surface area contributed by atoms with Crippen LogP contribution >= 0.6 is 12.4 Å². The normalized spacial score (nSPS) is 21.7. The average Bonchev–Trinajstić information content (AvgIpc) is 2.69. The largest absolute Gasteiger partial charge is 0.339 e. The fourth-order valence-corrected chi connectivity index (χ4v) is 3.75. The highest BCUT2D eigenvalue weighted by molar-refractivity contribution is 5.85. The molecule has 2 aliphatic heterocycles. The summed E-state index contributed by atoms with van der Waals surface area (Å²) < 4.78 is 0. The molecule has 0 spiro atoms. The zero-order chi connectivity index (χ0) is 17.6. The number of carbonyl (C=O) groups is 2. The third-order valence-corrected chi connectivity index (χ3v) is 5.40. The highest BCUT2D eigenvalue weighted by Gasteiger charge is 2.29. The summed E-state index contributed by atoms with van der Waals surface area (Å²) in [5, 5.41) is 3.32. The molecule has 0 aromatic heterocycles. The zero-order valence-corrected chi connectivity index (χ0v) is 16.3. The monoisotopic (exact) mass is 379 g/mol. The molecule has 2 unspecified atom stereocenters. The topological polar surface area (TPSA) is 52.7 Å². The van der Waals surface area contributed by atoms with E-state index in [-0.39, 0.29) is 36.2 Å². The first-order valence-corrected chi connectivity index (χ1v) is 9.50. The Morgan fingerprint density at radius 3 is 2.35 bits per heavy atom. The first kappa shape index (κ1) is 20.7. The fourth-order valence-electron chi connectivity index (χ4n) is 3.75. The summed E-state index contributed by atoms with van der Waals surface area (Å²) in [4.78, 5) is 29.0. The molecule has 2 saturated heterocycles. The third kappa shape index (κ3) is 5.21. The van der Waals surface area contributed by atoms with Crippen LogP contribution in [0.15, 0.2) is 30.3 Å². The van der Waals surface area contributed by atoms with Crippen LogP contribution in [-0.2, 0) is 9.59 Å². The van der Waals surface area contributed by atoms with Crippen LogP contribution in [0.2, 0.25) is 0 Å². The molecule has 144 valence electrons. The van der Waals surface area contributed by atoms with Gasteiger partial charge in [-0.2, -0.15) is 0 Å². The summed E-state index contributed by atoms with van der Waals surface area (Å²) in [6.07, 6.45) is 3.75. The average molecular weight is 380 g/mol. The van der Waals surface area contributed by atoms with Crippen LogP contribution in [0.5, 0.6) is 0 Å². The molecular weight excluding hydrogens is 350 g/mol. The number of halogens is 1. The van der Waals surface area contributed by atoms with E-state index in [0.717, 1.165) is 25.8 Å². The number of hydrogen-bond donors (Lipinski definition) is 1. The minimum absolute atomic E-state index is 0. The predicted octanol–water partition coefficient (Wildman–Crippen LogP) is 2.41. The Morgan fingerprint density at radius 2 is 1.73 bits per heavy atom. The molecule has 3 rings (SSSR count). The van der Waals surface area contributed by atoms with Gasteiger partial charge in [0.2, 0.25) is 11.8 Å². The standard InChI is InChI=1S/C20H29N3O2.ClH/c1-16(17-7-3-2-4-8-17)15-19(24)22-11-13-23(14-12-22)20(25)18-9-5-6-10-21-18;/h2-4,7-8,16,18,21H,5-6,9-15H2,1H3;1H. The lowest BCUT2D eigenvalue weighted by molar-refractivity contribution is -0.141. The fraction of sp³-hybridized carbons (Fsp3) is 0.600. The van der Waals surface area contributed by atoms with E-state index < -0.39 is 0 Å². The van der Waals surface area contributed by atoms with Crippen molar-refractivity contribution >= 4 is 24.2 Å². The Hall–Kier alpha value is -1.59. The Labute approximate surface area is 162 Å². The quantitative estimate of drug-likeness (QED) is 0.874. The van der Waals surface area contributed by atoms with E-state index >= 15 is 0 Å². The molecule has 6 heteroatoms. The third-order valence-electron chi connectivity index (χ3n) is 5.40. The van der Waals surface area contributed by atoms with Crippen molar-refractivity contribution < 1.29 is 9.59 Å². The van der Waals surface area contributed by atoms with Crippen molar-refractivity contribution in [3.63, 3.8) is 0 Å². The second-order valence-corrected chi connectivity index (χ2v) is 7.22. The molecule has 0 saturated carbocycles. The summed E-state index contributed by atoms with van der Waals surface area (Å²) in [5.41, 5.74) is 1.20. The van der Waals surface area contributed by atoms with Crippen LogP contribution in [0.25, 0.3) is 0 Å². The molecule has 2 amide bonds. The summed E-state index contributed by atoms with van der Waals surface area (Å²) in [6, 6.07) is 10.2. The minimum atomic E-state index is -0.0193. The summed E-state index contributed by atoms with van der Waals surface area (Å²) in [5.74, 6) is 0.628. The van der Waals surface area contributed by atoms with Gasteiger partial charge in [-0.05, 0) is 30.9 Å². The highest BCUT2D eigenvalue weighted by atomic mass is 35.5. The summed E-state index contributed by atoms with van der Waals surface area (Å²) >= 11 is 0. The smallest absolute Gasteiger partial charge is 0.239 e. The second-order valence-electron chi connectivity index (χ2n) is 7.22. The van der Waals surface area contributed by atoms with E-state index in [1.165, 1.54) is 5.56 Å². The molecule has 2 aliphatic rings. The molecule has 0 aliphatic carbocycles. The molecule has 2 fully saturated rings. The first-order valence-electron chi connectivity index (χ1n) is 9.50. The molecule has 1 aromatic carbocycles. The van der Waals surface area contributed by atoms with Gasteiger partial charge in [0.1, 0.15) is 0 Å². The van der Waals surface area contributed by atoms with Gasteiger partial charge < -0.3 is 15.1 Å². The van der Waals surface area contributed by atoms with E-state index in [4.69, 9.17) is 0 Å². The maximum atomic E-state index is 12.6.